The van der Waals surface area contributed by atoms with Gasteiger partial charge in [-0.25, -0.2) is 5.84 Å². The maximum absolute atomic E-state index is 12.5. The molecule has 0 aliphatic carbocycles. The number of carbonyl (C=O) groups is 1. The number of amides is 1. The highest BCUT2D eigenvalue weighted by Gasteiger charge is 2.17. The van der Waals surface area contributed by atoms with Crippen LogP contribution in [0.3, 0.4) is 0 Å². The van der Waals surface area contributed by atoms with Crippen molar-refractivity contribution in [3.8, 4) is 0 Å². The number of hydrogen-bond acceptors (Lipinski definition) is 5. The van der Waals surface area contributed by atoms with Gasteiger partial charge in [0.25, 0.3) is 0 Å². The highest BCUT2D eigenvalue weighted by molar-refractivity contribution is 5.99. The number of rotatable bonds is 9. The first-order chi connectivity index (χ1) is 16.4. The molecule has 6 nitrogen and oxygen atoms in total. The Balaban J connectivity index is 0.000000430. The minimum Gasteiger partial charge on any atom is -0.399 e. The Morgan fingerprint density at radius 3 is 2.12 bits per heavy atom. The van der Waals surface area contributed by atoms with Crippen molar-refractivity contribution in [2.75, 3.05) is 17.6 Å². The van der Waals surface area contributed by atoms with Gasteiger partial charge in [-0.1, -0.05) is 80.6 Å². The largest absolute Gasteiger partial charge is 0.399 e. The second-order valence-corrected chi connectivity index (χ2v) is 8.11. The lowest BCUT2D eigenvalue weighted by molar-refractivity contribution is -0.112. The number of anilines is 2. The van der Waals surface area contributed by atoms with Crippen molar-refractivity contribution in [1.29, 1.82) is 0 Å². The van der Waals surface area contributed by atoms with Crippen molar-refractivity contribution in [2.24, 2.45) is 17.5 Å². The molecule has 0 saturated heterocycles. The number of nitrogens with one attached hydrogen (secondary N) is 1. The molecule has 1 unspecified atom stereocenters. The molecule has 34 heavy (non-hydrogen) atoms. The van der Waals surface area contributed by atoms with E-state index in [9.17, 15) is 4.79 Å². The third-order valence-electron chi connectivity index (χ3n) is 5.28. The summed E-state index contributed by atoms with van der Waals surface area (Å²) < 4.78 is 0. The van der Waals surface area contributed by atoms with Gasteiger partial charge in [0.2, 0.25) is 5.91 Å². The molecule has 0 aliphatic rings. The number of benzene rings is 3. The van der Waals surface area contributed by atoms with Crippen LogP contribution in [0.15, 0.2) is 96.7 Å². The topological polar surface area (TPSA) is 110 Å². The standard InChI is InChI=1S/C21H28N4O.C7H9N/c1-3-13-25(23)20(15-21(26)24-18-10-5-4-6-11-18)16(2)14-17-9-7-8-12-19(17)22;8-6-7-4-2-1-3-5-7/h4-12,15-16H,3,13-14,22-23H2,1-2H3,(H,24,26);1-5H,6,8H2/b20-15+;. The minimum absolute atomic E-state index is 0.0535. The van der Waals surface area contributed by atoms with E-state index in [0.717, 1.165) is 29.1 Å². The zero-order valence-corrected chi connectivity index (χ0v) is 20.2. The van der Waals surface area contributed by atoms with Crippen molar-refractivity contribution < 1.29 is 4.79 Å². The van der Waals surface area contributed by atoms with E-state index >= 15 is 0 Å². The number of nitrogen functional groups attached to an aromatic ring is 1. The molecule has 6 heteroatoms. The van der Waals surface area contributed by atoms with E-state index in [1.165, 1.54) is 5.56 Å². The van der Waals surface area contributed by atoms with Crippen molar-refractivity contribution >= 4 is 17.3 Å². The Kier molecular flexibility index (Phi) is 11.4. The quantitative estimate of drug-likeness (QED) is 0.160. The number of hydrogen-bond donors (Lipinski definition) is 4. The van der Waals surface area contributed by atoms with Crippen molar-refractivity contribution in [1.82, 2.24) is 5.01 Å². The van der Waals surface area contributed by atoms with Crippen LogP contribution in [-0.2, 0) is 17.8 Å². The van der Waals surface area contributed by atoms with Crippen LogP contribution in [-0.4, -0.2) is 17.5 Å². The fraction of sp³-hybridized carbons (Fsp3) is 0.250. The Bertz CT molecular complexity index is 1020. The van der Waals surface area contributed by atoms with E-state index in [1.807, 2.05) is 84.9 Å². The molecular formula is C28H37N5O. The van der Waals surface area contributed by atoms with Crippen LogP contribution in [0.25, 0.3) is 0 Å². The molecule has 180 valence electrons. The maximum atomic E-state index is 12.5. The molecule has 1 amide bonds. The average Bonchev–Trinajstić information content (AvgIpc) is 2.85. The Morgan fingerprint density at radius 1 is 0.971 bits per heavy atom. The van der Waals surface area contributed by atoms with Crippen molar-refractivity contribution in [2.45, 2.75) is 33.2 Å². The molecular weight excluding hydrogens is 422 g/mol. The SMILES string of the molecule is CCCN(N)/C(=C/C(=O)Nc1ccccc1)C(C)Cc1ccccc1N.NCc1ccccc1. The Hall–Kier alpha value is -3.61. The highest BCUT2D eigenvalue weighted by Crippen LogP contribution is 2.22. The predicted molar refractivity (Wildman–Crippen MR) is 142 cm³/mol. The molecule has 3 rings (SSSR count). The van der Waals surface area contributed by atoms with Crippen molar-refractivity contribution in [3.05, 3.63) is 108 Å². The van der Waals surface area contributed by atoms with Crippen molar-refractivity contribution in [3.63, 3.8) is 0 Å². The predicted octanol–water partition coefficient (Wildman–Crippen LogP) is 4.70. The lowest BCUT2D eigenvalue weighted by Crippen LogP contribution is -2.35. The summed E-state index contributed by atoms with van der Waals surface area (Å²) in [6.45, 7) is 5.44. The lowest BCUT2D eigenvalue weighted by Gasteiger charge is -2.27. The Labute approximate surface area is 203 Å². The molecule has 0 aliphatic heterocycles. The van der Waals surface area contributed by atoms with E-state index in [1.54, 1.807) is 11.1 Å². The van der Waals surface area contributed by atoms with Crippen LogP contribution >= 0.6 is 0 Å². The molecule has 0 spiro atoms. The average molecular weight is 460 g/mol. The van der Waals surface area contributed by atoms with Crippen LogP contribution in [0.1, 0.15) is 31.4 Å². The van der Waals surface area contributed by atoms with Gasteiger partial charge in [0.15, 0.2) is 0 Å². The van der Waals surface area contributed by atoms with Gasteiger partial charge in [-0.3, -0.25) is 4.79 Å². The van der Waals surface area contributed by atoms with Gasteiger partial charge in [-0.05, 0) is 42.2 Å². The Morgan fingerprint density at radius 2 is 1.56 bits per heavy atom. The fourth-order valence-corrected chi connectivity index (χ4v) is 3.48. The second kappa shape index (κ2) is 14.5. The zero-order valence-electron chi connectivity index (χ0n) is 20.2. The molecule has 1 atom stereocenters. The number of carbonyl (C=O) groups excluding carboxylic acids is 1. The molecule has 0 fully saturated rings. The number of nitrogens with two attached hydrogens (primary N) is 3. The van der Waals surface area contributed by atoms with Crippen LogP contribution in [0.5, 0.6) is 0 Å². The lowest BCUT2D eigenvalue weighted by atomic mass is 9.96. The molecule has 0 saturated carbocycles. The number of hydrazine groups is 1. The second-order valence-electron chi connectivity index (χ2n) is 8.11. The summed E-state index contributed by atoms with van der Waals surface area (Å²) in [4.78, 5) is 12.5. The smallest absolute Gasteiger partial charge is 0.250 e. The van der Waals surface area contributed by atoms with Gasteiger partial charge in [-0.2, -0.15) is 0 Å². The van der Waals surface area contributed by atoms with E-state index in [0.29, 0.717) is 19.5 Å². The van der Waals surface area contributed by atoms with Gasteiger partial charge in [0, 0.05) is 42.2 Å². The molecule has 7 N–H and O–H groups in total. The maximum Gasteiger partial charge on any atom is 0.250 e. The van der Waals surface area contributed by atoms with Crippen LogP contribution < -0.4 is 22.6 Å². The highest BCUT2D eigenvalue weighted by atomic mass is 16.1. The number of para-hydroxylation sites is 2. The molecule has 3 aromatic rings. The molecule has 0 heterocycles. The summed E-state index contributed by atoms with van der Waals surface area (Å²) in [5.41, 5.74) is 16.0. The summed E-state index contributed by atoms with van der Waals surface area (Å²) in [6.07, 6.45) is 3.20. The van der Waals surface area contributed by atoms with E-state index in [4.69, 9.17) is 17.3 Å². The summed E-state index contributed by atoms with van der Waals surface area (Å²) in [6, 6.07) is 27.2. The summed E-state index contributed by atoms with van der Waals surface area (Å²) in [5, 5.41) is 4.54. The van der Waals surface area contributed by atoms with Crippen LogP contribution in [0, 0.1) is 5.92 Å². The summed E-state index contributed by atoms with van der Waals surface area (Å²) in [5.74, 6) is 6.08. The third kappa shape index (κ3) is 9.10. The van der Waals surface area contributed by atoms with E-state index in [-0.39, 0.29) is 11.8 Å². The van der Waals surface area contributed by atoms with Gasteiger partial charge >= 0.3 is 0 Å². The zero-order chi connectivity index (χ0) is 24.8. The van der Waals surface area contributed by atoms with Gasteiger partial charge < -0.3 is 21.8 Å². The van der Waals surface area contributed by atoms with E-state index in [2.05, 4.69) is 19.2 Å². The third-order valence-corrected chi connectivity index (χ3v) is 5.28. The monoisotopic (exact) mass is 459 g/mol. The molecule has 0 bridgehead atoms. The van der Waals surface area contributed by atoms with Crippen LogP contribution in [0.2, 0.25) is 0 Å². The van der Waals surface area contributed by atoms with E-state index < -0.39 is 0 Å². The van der Waals surface area contributed by atoms with Gasteiger partial charge in [-0.15, -0.1) is 0 Å². The van der Waals surface area contributed by atoms with Gasteiger partial charge in [0.05, 0.1) is 0 Å². The molecule has 0 radical (unpaired) electrons. The number of allylic oxidation sites excluding steroid dienone is 1. The molecule has 3 aromatic carbocycles. The minimum atomic E-state index is -0.189. The first-order valence-corrected chi connectivity index (χ1v) is 11.6. The summed E-state index contributed by atoms with van der Waals surface area (Å²) in [7, 11) is 0. The first-order valence-electron chi connectivity index (χ1n) is 11.6. The normalized spacial score (nSPS) is 11.7. The van der Waals surface area contributed by atoms with Crippen LogP contribution in [0.4, 0.5) is 11.4 Å². The number of nitrogens with zero attached hydrogens (tertiary/aromatic N) is 1. The first kappa shape index (κ1) is 26.6. The molecule has 0 aromatic heterocycles. The van der Waals surface area contributed by atoms with Gasteiger partial charge in [0.1, 0.15) is 0 Å². The summed E-state index contributed by atoms with van der Waals surface area (Å²) >= 11 is 0. The fourth-order valence-electron chi connectivity index (χ4n) is 3.48.